The Hall–Kier alpha value is -3.11. The quantitative estimate of drug-likeness (QED) is 0.562. The number of hydrogen-bond donors (Lipinski definition) is 2. The van der Waals surface area contributed by atoms with Gasteiger partial charge < -0.3 is 20.7 Å². The molecule has 1 aliphatic carbocycles. The zero-order chi connectivity index (χ0) is 22.2. The predicted molar refractivity (Wildman–Crippen MR) is 118 cm³/mol. The summed E-state index contributed by atoms with van der Waals surface area (Å²) in [6, 6.07) is 3.44. The summed E-state index contributed by atoms with van der Waals surface area (Å²) in [7, 11) is 0. The van der Waals surface area contributed by atoms with Gasteiger partial charge in [0.15, 0.2) is 0 Å². The molecular formula is C20H20Cl2N8O2. The van der Waals surface area contributed by atoms with Gasteiger partial charge in [-0.15, -0.1) is 0 Å². The summed E-state index contributed by atoms with van der Waals surface area (Å²) in [4.78, 5) is 27.0. The average molecular weight is 475 g/mol. The summed E-state index contributed by atoms with van der Waals surface area (Å²) in [6.07, 6.45) is 5.09. The summed E-state index contributed by atoms with van der Waals surface area (Å²) in [5.74, 6) is 0.562. The van der Waals surface area contributed by atoms with E-state index in [-0.39, 0.29) is 18.0 Å². The lowest BCUT2D eigenvalue weighted by Gasteiger charge is -2.17. The monoisotopic (exact) mass is 474 g/mol. The second-order valence-corrected chi connectivity index (χ2v) is 8.55. The summed E-state index contributed by atoms with van der Waals surface area (Å²) in [6.45, 7) is 1.50. The van der Waals surface area contributed by atoms with E-state index in [1.807, 2.05) is 0 Å². The lowest BCUT2D eigenvalue weighted by atomic mass is 10.0. The summed E-state index contributed by atoms with van der Waals surface area (Å²) in [5.41, 5.74) is 8.58. The Morgan fingerprint density at radius 1 is 1.25 bits per heavy atom. The first-order chi connectivity index (χ1) is 15.5. The van der Waals surface area contributed by atoms with Crippen LogP contribution in [0, 0.1) is 0 Å². The molecule has 10 nitrogen and oxygen atoms in total. The van der Waals surface area contributed by atoms with Crippen LogP contribution in [0.15, 0.2) is 24.8 Å². The number of fused-ring (bicyclic) bond motifs is 1. The second kappa shape index (κ2) is 8.44. The molecule has 3 heterocycles. The third-order valence-electron chi connectivity index (χ3n) is 5.29. The van der Waals surface area contributed by atoms with Gasteiger partial charge >= 0.3 is 6.03 Å². The standard InChI is InChI=1S/C20H20Cl2N8O2/c21-11-5-14(22)17(16(6-11)32-4-3-30-10-24-9-25-30)18-13-7-29(20(31)26-12-1-2-12)8-15(13)27-19(23)28-18/h5-6,9-10,12H,1-4,7-8H2,(H,26,31)(H2,23,27,28). The van der Waals surface area contributed by atoms with Gasteiger partial charge in [0.05, 0.1) is 41.6 Å². The summed E-state index contributed by atoms with van der Waals surface area (Å²) >= 11 is 12.8. The highest BCUT2D eigenvalue weighted by molar-refractivity contribution is 6.37. The molecule has 1 fully saturated rings. The highest BCUT2D eigenvalue weighted by atomic mass is 35.5. The maximum Gasteiger partial charge on any atom is 0.318 e. The minimum Gasteiger partial charge on any atom is -0.491 e. The Bertz CT molecular complexity index is 1170. The van der Waals surface area contributed by atoms with Crippen LogP contribution in [0.4, 0.5) is 10.7 Å². The number of anilines is 1. The highest BCUT2D eigenvalue weighted by Gasteiger charge is 2.33. The van der Waals surface area contributed by atoms with Crippen LogP contribution in [-0.4, -0.2) is 48.3 Å². The first-order valence-electron chi connectivity index (χ1n) is 10.1. The van der Waals surface area contributed by atoms with Gasteiger partial charge in [-0.2, -0.15) is 5.10 Å². The van der Waals surface area contributed by atoms with Crippen molar-refractivity contribution in [2.24, 2.45) is 0 Å². The van der Waals surface area contributed by atoms with Crippen molar-refractivity contribution in [1.29, 1.82) is 0 Å². The number of amides is 2. The number of aromatic nitrogens is 5. The molecule has 1 aromatic carbocycles. The van der Waals surface area contributed by atoms with Gasteiger partial charge in [-0.1, -0.05) is 23.2 Å². The minimum atomic E-state index is -0.124. The van der Waals surface area contributed by atoms with Crippen molar-refractivity contribution in [1.82, 2.24) is 34.9 Å². The predicted octanol–water partition coefficient (Wildman–Crippen LogP) is 2.89. The van der Waals surface area contributed by atoms with E-state index < -0.39 is 0 Å². The molecule has 0 bridgehead atoms. The van der Waals surface area contributed by atoms with Gasteiger partial charge in [0, 0.05) is 16.6 Å². The number of ether oxygens (including phenoxy) is 1. The molecule has 2 amide bonds. The Morgan fingerprint density at radius 3 is 2.84 bits per heavy atom. The third kappa shape index (κ3) is 4.28. The van der Waals surface area contributed by atoms with Crippen LogP contribution in [0.3, 0.4) is 0 Å². The summed E-state index contributed by atoms with van der Waals surface area (Å²) in [5, 5.41) is 7.87. The second-order valence-electron chi connectivity index (χ2n) is 7.70. The fourth-order valence-electron chi connectivity index (χ4n) is 3.61. The van der Waals surface area contributed by atoms with Crippen molar-refractivity contribution in [2.45, 2.75) is 38.5 Å². The minimum absolute atomic E-state index is 0.0998. The van der Waals surface area contributed by atoms with Crippen molar-refractivity contribution in [3.8, 4) is 17.0 Å². The smallest absolute Gasteiger partial charge is 0.318 e. The molecule has 0 unspecified atom stereocenters. The van der Waals surface area contributed by atoms with Gasteiger partial charge in [0.1, 0.15) is 25.0 Å². The van der Waals surface area contributed by atoms with Crippen molar-refractivity contribution in [2.75, 3.05) is 12.3 Å². The van der Waals surface area contributed by atoms with E-state index in [1.165, 1.54) is 6.33 Å². The van der Waals surface area contributed by atoms with Crippen molar-refractivity contribution >= 4 is 35.2 Å². The van der Waals surface area contributed by atoms with Crippen molar-refractivity contribution in [3.63, 3.8) is 0 Å². The molecule has 12 heteroatoms. The number of nitrogens with one attached hydrogen (secondary N) is 1. The van der Waals surface area contributed by atoms with E-state index in [1.54, 1.807) is 28.0 Å². The maximum absolute atomic E-state index is 12.6. The van der Waals surface area contributed by atoms with Gasteiger partial charge in [-0.3, -0.25) is 0 Å². The first-order valence-corrected chi connectivity index (χ1v) is 10.9. The molecule has 32 heavy (non-hydrogen) atoms. The normalized spacial score (nSPS) is 15.0. The lowest BCUT2D eigenvalue weighted by molar-refractivity contribution is 0.197. The number of hydrogen-bond acceptors (Lipinski definition) is 7. The number of rotatable bonds is 6. The van der Waals surface area contributed by atoms with E-state index in [9.17, 15) is 4.79 Å². The molecule has 5 rings (SSSR count). The number of benzene rings is 1. The zero-order valence-electron chi connectivity index (χ0n) is 17.0. The highest BCUT2D eigenvalue weighted by Crippen LogP contribution is 2.42. The topological polar surface area (TPSA) is 124 Å². The molecule has 0 saturated heterocycles. The summed E-state index contributed by atoms with van der Waals surface area (Å²) < 4.78 is 7.67. The Labute approximate surface area is 193 Å². The number of nitrogen functional groups attached to an aromatic ring is 1. The first kappa shape index (κ1) is 20.8. The largest absolute Gasteiger partial charge is 0.491 e. The number of carbonyl (C=O) groups is 1. The third-order valence-corrected chi connectivity index (χ3v) is 5.81. The van der Waals surface area contributed by atoms with Gasteiger partial charge in [0.2, 0.25) is 5.95 Å². The fraction of sp³-hybridized carbons (Fsp3) is 0.350. The molecule has 166 valence electrons. The van der Waals surface area contributed by atoms with Gasteiger partial charge in [0.25, 0.3) is 0 Å². The van der Waals surface area contributed by atoms with Crippen LogP contribution in [-0.2, 0) is 19.6 Å². The van der Waals surface area contributed by atoms with E-state index in [0.29, 0.717) is 59.0 Å². The molecule has 0 radical (unpaired) electrons. The SMILES string of the molecule is Nc1nc2c(c(-c3c(Cl)cc(Cl)cc3OCCn3cncn3)n1)CN(C(=O)NC1CC1)C2. The van der Waals surface area contributed by atoms with Crippen LogP contribution in [0.5, 0.6) is 5.75 Å². The van der Waals surface area contributed by atoms with E-state index in [4.69, 9.17) is 33.7 Å². The Balaban J connectivity index is 1.46. The molecular weight excluding hydrogens is 455 g/mol. The molecule has 0 atom stereocenters. The lowest BCUT2D eigenvalue weighted by Crippen LogP contribution is -2.37. The Morgan fingerprint density at radius 2 is 2.09 bits per heavy atom. The molecule has 1 aliphatic heterocycles. The molecule has 2 aromatic heterocycles. The van der Waals surface area contributed by atoms with Crippen LogP contribution in [0.25, 0.3) is 11.3 Å². The van der Waals surface area contributed by atoms with E-state index in [0.717, 1.165) is 18.4 Å². The average Bonchev–Trinajstić information content (AvgIpc) is 3.22. The van der Waals surface area contributed by atoms with Crippen LogP contribution in [0.2, 0.25) is 10.0 Å². The zero-order valence-corrected chi connectivity index (χ0v) is 18.5. The number of nitrogens with zero attached hydrogens (tertiary/aromatic N) is 6. The number of urea groups is 1. The van der Waals surface area contributed by atoms with Crippen LogP contribution >= 0.6 is 23.2 Å². The molecule has 0 spiro atoms. The number of nitrogens with two attached hydrogens (primary N) is 1. The Kier molecular flexibility index (Phi) is 5.48. The van der Waals surface area contributed by atoms with Crippen molar-refractivity contribution in [3.05, 3.63) is 46.1 Å². The van der Waals surface area contributed by atoms with E-state index in [2.05, 4.69) is 25.4 Å². The fourth-order valence-corrected chi connectivity index (χ4v) is 4.17. The molecule has 3 N–H and O–H groups in total. The van der Waals surface area contributed by atoms with E-state index >= 15 is 0 Å². The van der Waals surface area contributed by atoms with Crippen LogP contribution in [0.1, 0.15) is 24.1 Å². The molecule has 1 saturated carbocycles. The molecule has 2 aliphatic rings. The van der Waals surface area contributed by atoms with Crippen LogP contribution < -0.4 is 15.8 Å². The number of carbonyl (C=O) groups excluding carboxylic acids is 1. The molecule has 3 aromatic rings. The number of halogens is 2. The van der Waals surface area contributed by atoms with Gasteiger partial charge in [-0.25, -0.2) is 24.4 Å². The van der Waals surface area contributed by atoms with Crippen molar-refractivity contribution < 1.29 is 9.53 Å². The maximum atomic E-state index is 12.6. The van der Waals surface area contributed by atoms with Gasteiger partial charge in [-0.05, 0) is 25.0 Å².